The Kier molecular flexibility index (Phi) is 5.32. The molecule has 0 saturated heterocycles. The standard InChI is InChI=1S/C23H19ClN4O3S/c1-3-30-20-7-6-15(11-16(20)24)17-12-19-23(29)27(8-9-28(19)26-17)13-18-14(2)31-22(25-18)21-5-4-10-32-21/h4-12H,3,13H2,1-2H3. The zero-order valence-corrected chi connectivity index (χ0v) is 19.0. The van der Waals surface area contributed by atoms with E-state index in [9.17, 15) is 4.79 Å². The molecule has 0 amide bonds. The fraction of sp³-hybridized carbons (Fsp3) is 0.174. The first-order chi connectivity index (χ1) is 15.5. The van der Waals surface area contributed by atoms with Gasteiger partial charge >= 0.3 is 0 Å². The van der Waals surface area contributed by atoms with Gasteiger partial charge in [-0.2, -0.15) is 5.10 Å². The molecule has 0 aliphatic rings. The van der Waals surface area contributed by atoms with Crippen molar-refractivity contribution in [2.45, 2.75) is 20.4 Å². The number of benzene rings is 1. The molecule has 0 N–H and O–H groups in total. The van der Waals surface area contributed by atoms with Crippen LogP contribution >= 0.6 is 22.9 Å². The molecular weight excluding hydrogens is 448 g/mol. The number of thiophene rings is 1. The van der Waals surface area contributed by atoms with Crippen LogP contribution in [0.25, 0.3) is 27.5 Å². The fourth-order valence-electron chi connectivity index (χ4n) is 3.47. The first-order valence-corrected chi connectivity index (χ1v) is 11.3. The van der Waals surface area contributed by atoms with Crippen LogP contribution in [0, 0.1) is 6.92 Å². The summed E-state index contributed by atoms with van der Waals surface area (Å²) in [6.07, 6.45) is 3.46. The van der Waals surface area contributed by atoms with Gasteiger partial charge in [0.15, 0.2) is 0 Å². The van der Waals surface area contributed by atoms with E-state index in [1.807, 2.05) is 43.5 Å². The number of halogens is 1. The number of aryl methyl sites for hydroxylation is 1. The van der Waals surface area contributed by atoms with E-state index in [0.29, 0.717) is 46.8 Å². The number of fused-ring (bicyclic) bond motifs is 1. The highest BCUT2D eigenvalue weighted by molar-refractivity contribution is 7.13. The van der Waals surface area contributed by atoms with Gasteiger partial charge in [0.1, 0.15) is 22.7 Å². The molecule has 7 nitrogen and oxygen atoms in total. The maximum absolute atomic E-state index is 13.1. The predicted molar refractivity (Wildman–Crippen MR) is 125 cm³/mol. The van der Waals surface area contributed by atoms with Crippen molar-refractivity contribution in [1.82, 2.24) is 19.2 Å². The summed E-state index contributed by atoms with van der Waals surface area (Å²) in [6.45, 7) is 4.61. The van der Waals surface area contributed by atoms with Gasteiger partial charge in [-0.1, -0.05) is 17.7 Å². The largest absolute Gasteiger partial charge is 0.492 e. The minimum absolute atomic E-state index is 0.164. The zero-order chi connectivity index (χ0) is 22.2. The van der Waals surface area contributed by atoms with E-state index in [1.165, 1.54) is 0 Å². The van der Waals surface area contributed by atoms with E-state index in [4.69, 9.17) is 20.8 Å². The molecule has 0 atom stereocenters. The maximum atomic E-state index is 13.1. The van der Waals surface area contributed by atoms with Crippen molar-refractivity contribution in [2.24, 2.45) is 0 Å². The van der Waals surface area contributed by atoms with Gasteiger partial charge < -0.3 is 13.7 Å². The molecule has 32 heavy (non-hydrogen) atoms. The number of ether oxygens (including phenoxy) is 1. The van der Waals surface area contributed by atoms with Gasteiger partial charge in [-0.05, 0) is 49.6 Å². The van der Waals surface area contributed by atoms with Crippen LogP contribution in [0.15, 0.2) is 63.4 Å². The van der Waals surface area contributed by atoms with Crippen molar-refractivity contribution < 1.29 is 9.15 Å². The first-order valence-electron chi connectivity index (χ1n) is 10.0. The summed E-state index contributed by atoms with van der Waals surface area (Å²) in [6, 6.07) is 11.1. The van der Waals surface area contributed by atoms with Crippen LogP contribution in [0.2, 0.25) is 5.02 Å². The van der Waals surface area contributed by atoms with Crippen LogP contribution < -0.4 is 10.3 Å². The maximum Gasteiger partial charge on any atom is 0.276 e. The molecule has 4 aromatic heterocycles. The van der Waals surface area contributed by atoms with Crippen LogP contribution in [0.1, 0.15) is 18.4 Å². The van der Waals surface area contributed by atoms with Crippen molar-refractivity contribution in [3.63, 3.8) is 0 Å². The molecule has 1 aromatic carbocycles. The third-order valence-electron chi connectivity index (χ3n) is 5.08. The lowest BCUT2D eigenvalue weighted by molar-refractivity contribution is 0.340. The summed E-state index contributed by atoms with van der Waals surface area (Å²) in [7, 11) is 0. The summed E-state index contributed by atoms with van der Waals surface area (Å²) in [5.41, 5.74) is 2.48. The van der Waals surface area contributed by atoms with Crippen LogP contribution in [0.5, 0.6) is 5.75 Å². The van der Waals surface area contributed by atoms with Gasteiger partial charge in [0.25, 0.3) is 5.56 Å². The molecule has 162 valence electrons. The van der Waals surface area contributed by atoms with Crippen molar-refractivity contribution in [3.05, 3.63) is 81.0 Å². The molecule has 0 aliphatic heterocycles. The lowest BCUT2D eigenvalue weighted by Gasteiger charge is -2.06. The molecule has 0 spiro atoms. The van der Waals surface area contributed by atoms with Gasteiger partial charge in [0.05, 0.1) is 28.7 Å². The SMILES string of the molecule is CCOc1ccc(-c2cc3c(=O)n(Cc4nc(-c5cccs5)oc4C)ccn3n2)cc1Cl. The zero-order valence-electron chi connectivity index (χ0n) is 17.4. The van der Waals surface area contributed by atoms with Gasteiger partial charge in [-0.25, -0.2) is 9.50 Å². The molecule has 0 radical (unpaired) electrons. The number of nitrogens with zero attached hydrogens (tertiary/aromatic N) is 4. The average molecular weight is 467 g/mol. The summed E-state index contributed by atoms with van der Waals surface area (Å²) in [5.74, 6) is 1.88. The Labute approximate surface area is 192 Å². The molecule has 5 aromatic rings. The second-order valence-corrected chi connectivity index (χ2v) is 8.52. The Hall–Kier alpha value is -3.36. The van der Waals surface area contributed by atoms with E-state index in [2.05, 4.69) is 10.1 Å². The number of hydrogen-bond donors (Lipinski definition) is 0. The average Bonchev–Trinajstić information content (AvgIpc) is 3.52. The summed E-state index contributed by atoms with van der Waals surface area (Å²) >= 11 is 7.88. The smallest absolute Gasteiger partial charge is 0.276 e. The summed E-state index contributed by atoms with van der Waals surface area (Å²) < 4.78 is 14.5. The third-order valence-corrected chi connectivity index (χ3v) is 6.23. The van der Waals surface area contributed by atoms with Crippen molar-refractivity contribution in [1.29, 1.82) is 0 Å². The van der Waals surface area contributed by atoms with Gasteiger partial charge in [-0.3, -0.25) is 4.79 Å². The minimum atomic E-state index is -0.164. The summed E-state index contributed by atoms with van der Waals surface area (Å²) in [4.78, 5) is 18.7. The van der Waals surface area contributed by atoms with Crippen LogP contribution in [-0.4, -0.2) is 25.8 Å². The van der Waals surface area contributed by atoms with Crippen LogP contribution in [-0.2, 0) is 6.54 Å². The van der Waals surface area contributed by atoms with E-state index < -0.39 is 0 Å². The Morgan fingerprint density at radius 3 is 2.84 bits per heavy atom. The first kappa shape index (κ1) is 20.5. The van der Waals surface area contributed by atoms with Crippen molar-refractivity contribution in [3.8, 4) is 27.8 Å². The second kappa shape index (κ2) is 8.29. The molecule has 5 rings (SSSR count). The molecule has 4 heterocycles. The van der Waals surface area contributed by atoms with Gasteiger partial charge in [0, 0.05) is 18.0 Å². The lowest BCUT2D eigenvalue weighted by Crippen LogP contribution is -2.22. The normalized spacial score (nSPS) is 11.3. The minimum Gasteiger partial charge on any atom is -0.492 e. The van der Waals surface area contributed by atoms with Crippen LogP contribution in [0.3, 0.4) is 0 Å². The number of oxazole rings is 1. The van der Waals surface area contributed by atoms with Crippen molar-refractivity contribution in [2.75, 3.05) is 6.61 Å². The molecule has 0 fully saturated rings. The quantitative estimate of drug-likeness (QED) is 0.340. The highest BCUT2D eigenvalue weighted by Crippen LogP contribution is 2.30. The second-order valence-electron chi connectivity index (χ2n) is 7.17. The monoisotopic (exact) mass is 466 g/mol. The van der Waals surface area contributed by atoms with Gasteiger partial charge in [-0.15, -0.1) is 11.3 Å². The van der Waals surface area contributed by atoms with Crippen LogP contribution in [0.4, 0.5) is 0 Å². The highest BCUT2D eigenvalue weighted by atomic mass is 35.5. The van der Waals surface area contributed by atoms with Crippen molar-refractivity contribution >= 4 is 28.5 Å². The Morgan fingerprint density at radius 2 is 2.09 bits per heavy atom. The number of aromatic nitrogens is 4. The third kappa shape index (κ3) is 3.72. The molecule has 0 bridgehead atoms. The van der Waals surface area contributed by atoms with E-state index >= 15 is 0 Å². The number of rotatable bonds is 6. The number of hydrogen-bond acceptors (Lipinski definition) is 6. The predicted octanol–water partition coefficient (Wildman–Crippen LogP) is 5.29. The highest BCUT2D eigenvalue weighted by Gasteiger charge is 2.15. The molecule has 0 saturated carbocycles. The molecule has 0 aliphatic carbocycles. The lowest BCUT2D eigenvalue weighted by atomic mass is 10.1. The fourth-order valence-corrected chi connectivity index (χ4v) is 4.35. The Morgan fingerprint density at radius 1 is 1.22 bits per heavy atom. The Bertz CT molecular complexity index is 1470. The molecular formula is C23H19ClN4O3S. The summed E-state index contributed by atoms with van der Waals surface area (Å²) in [5, 5.41) is 7.01. The molecule has 0 unspecified atom stereocenters. The van der Waals surface area contributed by atoms with E-state index in [1.54, 1.807) is 44.9 Å². The Balaban J connectivity index is 1.48. The topological polar surface area (TPSA) is 74.6 Å². The molecule has 9 heteroatoms. The van der Waals surface area contributed by atoms with Gasteiger partial charge in [0.2, 0.25) is 5.89 Å². The van der Waals surface area contributed by atoms with E-state index in [-0.39, 0.29) is 5.56 Å². The van der Waals surface area contributed by atoms with E-state index in [0.717, 1.165) is 16.1 Å².